The normalized spacial score (nSPS) is 16.2. The smallest absolute Gasteiger partial charge is 0.290 e. The molecule has 1 aromatic heterocycles. The maximum atomic E-state index is 13.3. The number of fused-ring (bicyclic) bond motifs is 2. The zero-order valence-corrected chi connectivity index (χ0v) is 16.4. The van der Waals surface area contributed by atoms with Crippen molar-refractivity contribution >= 4 is 16.9 Å². The second kappa shape index (κ2) is 7.24. The summed E-state index contributed by atoms with van der Waals surface area (Å²) < 4.78 is 5.93. The zero-order valence-electron chi connectivity index (χ0n) is 16.4. The quantitative estimate of drug-likeness (QED) is 0.683. The van der Waals surface area contributed by atoms with Crippen LogP contribution < -0.4 is 5.43 Å². The highest BCUT2D eigenvalue weighted by Gasteiger charge is 2.42. The minimum Gasteiger partial charge on any atom is -0.450 e. The van der Waals surface area contributed by atoms with E-state index in [9.17, 15) is 9.59 Å². The summed E-state index contributed by atoms with van der Waals surface area (Å²) in [6, 6.07) is 14.7. The fraction of sp³-hybridized carbons (Fsp3) is 0.304. The van der Waals surface area contributed by atoms with Gasteiger partial charge in [-0.1, -0.05) is 42.0 Å². The number of carbonyl (C=O) groups excluding carboxylic acids is 1. The lowest BCUT2D eigenvalue weighted by Gasteiger charge is -2.25. The van der Waals surface area contributed by atoms with E-state index in [2.05, 4.69) is 4.90 Å². The van der Waals surface area contributed by atoms with Crippen molar-refractivity contribution in [3.8, 4) is 0 Å². The number of hydrogen-bond acceptors (Lipinski definition) is 4. The van der Waals surface area contributed by atoms with Crippen LogP contribution in [0.25, 0.3) is 11.0 Å². The summed E-state index contributed by atoms with van der Waals surface area (Å²) in [6.45, 7) is 3.45. The standard InChI is InChI=1S/C23H24N2O3/c1-15-9-11-16(12-10-15)20-19-21(26)17-7-4-5-8-18(17)28-22(19)23(27)25(20)14-6-13-24(2)3/h4-5,7-12,20H,6,13-14H2,1-3H3. The molecule has 0 fully saturated rings. The summed E-state index contributed by atoms with van der Waals surface area (Å²) >= 11 is 0. The first-order chi connectivity index (χ1) is 13.5. The van der Waals surface area contributed by atoms with Crippen LogP contribution >= 0.6 is 0 Å². The molecule has 0 bridgehead atoms. The van der Waals surface area contributed by atoms with Crippen molar-refractivity contribution in [1.29, 1.82) is 0 Å². The molecule has 0 spiro atoms. The third-order valence-electron chi connectivity index (χ3n) is 5.27. The van der Waals surface area contributed by atoms with Gasteiger partial charge in [-0.15, -0.1) is 0 Å². The van der Waals surface area contributed by atoms with Gasteiger partial charge < -0.3 is 14.2 Å². The van der Waals surface area contributed by atoms with Gasteiger partial charge in [-0.25, -0.2) is 0 Å². The van der Waals surface area contributed by atoms with E-state index in [-0.39, 0.29) is 17.1 Å². The van der Waals surface area contributed by atoms with Crippen LogP contribution in [0.5, 0.6) is 0 Å². The molecule has 5 nitrogen and oxygen atoms in total. The van der Waals surface area contributed by atoms with Gasteiger partial charge in [0, 0.05) is 6.54 Å². The van der Waals surface area contributed by atoms with E-state index in [0.29, 0.717) is 23.1 Å². The topological polar surface area (TPSA) is 53.8 Å². The molecule has 5 heteroatoms. The van der Waals surface area contributed by atoms with Gasteiger partial charge in [0.05, 0.1) is 17.0 Å². The molecular weight excluding hydrogens is 352 g/mol. The fourth-order valence-corrected chi connectivity index (χ4v) is 3.85. The van der Waals surface area contributed by atoms with E-state index < -0.39 is 6.04 Å². The Balaban J connectivity index is 1.86. The summed E-state index contributed by atoms with van der Waals surface area (Å²) in [5.74, 6) is -0.0266. The molecule has 28 heavy (non-hydrogen) atoms. The number of nitrogens with zero attached hydrogens (tertiary/aromatic N) is 2. The van der Waals surface area contributed by atoms with Crippen LogP contribution in [0.2, 0.25) is 0 Å². The Bertz CT molecular complexity index is 1080. The largest absolute Gasteiger partial charge is 0.450 e. The number of amides is 1. The molecule has 1 aliphatic heterocycles. The summed E-state index contributed by atoms with van der Waals surface area (Å²) in [4.78, 5) is 30.4. The summed E-state index contributed by atoms with van der Waals surface area (Å²) in [6.07, 6.45) is 0.822. The van der Waals surface area contributed by atoms with Crippen molar-refractivity contribution in [2.24, 2.45) is 0 Å². The van der Waals surface area contributed by atoms with Gasteiger partial charge in [-0.2, -0.15) is 0 Å². The van der Waals surface area contributed by atoms with Gasteiger partial charge in [0.25, 0.3) is 5.91 Å². The highest BCUT2D eigenvalue weighted by atomic mass is 16.3. The predicted molar refractivity (Wildman–Crippen MR) is 110 cm³/mol. The maximum Gasteiger partial charge on any atom is 0.290 e. The lowest BCUT2D eigenvalue weighted by Crippen LogP contribution is -2.32. The summed E-state index contributed by atoms with van der Waals surface area (Å²) in [5, 5.41) is 0.515. The molecule has 1 amide bonds. The third-order valence-corrected chi connectivity index (χ3v) is 5.27. The molecule has 0 aliphatic carbocycles. The first-order valence-electron chi connectivity index (χ1n) is 9.55. The van der Waals surface area contributed by atoms with Crippen molar-refractivity contribution in [2.45, 2.75) is 19.4 Å². The van der Waals surface area contributed by atoms with Gasteiger partial charge in [-0.05, 0) is 51.7 Å². The molecule has 0 radical (unpaired) electrons. The van der Waals surface area contributed by atoms with Crippen LogP contribution in [0.15, 0.2) is 57.7 Å². The Hall–Kier alpha value is -2.92. The van der Waals surface area contributed by atoms with E-state index in [1.165, 1.54) is 0 Å². The van der Waals surface area contributed by atoms with Crippen molar-refractivity contribution in [1.82, 2.24) is 9.80 Å². The molecule has 3 aromatic rings. The Kier molecular flexibility index (Phi) is 4.77. The molecule has 144 valence electrons. The molecule has 4 rings (SSSR count). The summed E-state index contributed by atoms with van der Waals surface area (Å²) in [5.41, 5.74) is 2.86. The van der Waals surface area contributed by atoms with E-state index in [0.717, 1.165) is 24.1 Å². The van der Waals surface area contributed by atoms with Gasteiger partial charge in [0.1, 0.15) is 5.58 Å². The first-order valence-corrected chi connectivity index (χ1v) is 9.55. The van der Waals surface area contributed by atoms with Crippen LogP contribution in [0, 0.1) is 6.92 Å². The molecule has 2 aromatic carbocycles. The number of rotatable bonds is 5. The highest BCUT2D eigenvalue weighted by Crippen LogP contribution is 2.38. The van der Waals surface area contributed by atoms with Crippen molar-refractivity contribution in [3.05, 3.63) is 81.2 Å². The van der Waals surface area contributed by atoms with Crippen LogP contribution in [-0.2, 0) is 0 Å². The maximum absolute atomic E-state index is 13.3. The average molecular weight is 376 g/mol. The second-order valence-electron chi connectivity index (χ2n) is 7.64. The zero-order chi connectivity index (χ0) is 19.8. The lowest BCUT2D eigenvalue weighted by molar-refractivity contribution is 0.0722. The molecule has 0 saturated carbocycles. The Morgan fingerprint density at radius 3 is 2.46 bits per heavy atom. The minimum atomic E-state index is -0.411. The third kappa shape index (κ3) is 3.12. The van der Waals surface area contributed by atoms with Crippen LogP contribution in [0.4, 0.5) is 0 Å². The van der Waals surface area contributed by atoms with Gasteiger partial charge in [-0.3, -0.25) is 9.59 Å². The Morgan fingerprint density at radius 2 is 1.75 bits per heavy atom. The molecule has 1 aliphatic rings. The molecule has 1 unspecified atom stereocenters. The Morgan fingerprint density at radius 1 is 1.04 bits per heavy atom. The van der Waals surface area contributed by atoms with Gasteiger partial charge in [0.2, 0.25) is 5.76 Å². The van der Waals surface area contributed by atoms with Gasteiger partial charge in [0.15, 0.2) is 5.43 Å². The number of carbonyl (C=O) groups is 1. The van der Waals surface area contributed by atoms with Crippen molar-refractivity contribution < 1.29 is 9.21 Å². The number of para-hydroxylation sites is 1. The van der Waals surface area contributed by atoms with E-state index >= 15 is 0 Å². The van der Waals surface area contributed by atoms with Crippen molar-refractivity contribution in [3.63, 3.8) is 0 Å². The lowest BCUT2D eigenvalue weighted by atomic mass is 9.97. The van der Waals surface area contributed by atoms with E-state index in [4.69, 9.17) is 4.42 Å². The van der Waals surface area contributed by atoms with Crippen LogP contribution in [0.1, 0.15) is 39.7 Å². The molecule has 0 N–H and O–H groups in total. The van der Waals surface area contributed by atoms with E-state index in [1.54, 1.807) is 17.0 Å². The van der Waals surface area contributed by atoms with Crippen molar-refractivity contribution in [2.75, 3.05) is 27.2 Å². The highest BCUT2D eigenvalue weighted by molar-refractivity contribution is 5.99. The second-order valence-corrected chi connectivity index (χ2v) is 7.64. The number of aryl methyl sites for hydroxylation is 1. The average Bonchev–Trinajstić information content (AvgIpc) is 2.95. The van der Waals surface area contributed by atoms with Gasteiger partial charge >= 0.3 is 0 Å². The monoisotopic (exact) mass is 376 g/mol. The van der Waals surface area contributed by atoms with E-state index in [1.807, 2.05) is 57.4 Å². The summed E-state index contributed by atoms with van der Waals surface area (Å²) in [7, 11) is 4.02. The Labute approximate surface area is 164 Å². The van der Waals surface area contributed by atoms with Crippen LogP contribution in [-0.4, -0.2) is 42.9 Å². The molecule has 1 atom stereocenters. The predicted octanol–water partition coefficient (Wildman–Crippen LogP) is 3.60. The molecule has 0 saturated heterocycles. The number of benzene rings is 2. The first kappa shape index (κ1) is 18.4. The molecule has 2 heterocycles. The SMILES string of the molecule is Cc1ccc(C2c3c(oc4ccccc4c3=O)C(=O)N2CCCN(C)C)cc1. The number of hydrogen-bond donors (Lipinski definition) is 0. The fourth-order valence-electron chi connectivity index (χ4n) is 3.85. The minimum absolute atomic E-state index is 0.120. The molecular formula is C23H24N2O3. The van der Waals surface area contributed by atoms with Crippen LogP contribution in [0.3, 0.4) is 0 Å².